The maximum Gasteiger partial charge on any atom is 0.252 e. The van der Waals surface area contributed by atoms with E-state index in [-0.39, 0.29) is 11.4 Å². The molecule has 1 saturated heterocycles. The van der Waals surface area contributed by atoms with Crippen LogP contribution in [0.1, 0.15) is 32.6 Å². The number of hydrogen-bond acceptors (Lipinski definition) is 3. The van der Waals surface area contributed by atoms with Crippen LogP contribution in [-0.2, 0) is 10.0 Å². The van der Waals surface area contributed by atoms with E-state index in [1.165, 1.54) is 11.3 Å². The van der Waals surface area contributed by atoms with Crippen LogP contribution < -0.4 is 0 Å². The van der Waals surface area contributed by atoms with Gasteiger partial charge in [0.2, 0.25) is 0 Å². The summed E-state index contributed by atoms with van der Waals surface area (Å²) in [5.41, 5.74) is 0. The summed E-state index contributed by atoms with van der Waals surface area (Å²) in [7, 11) is -3.37. The molecule has 0 radical (unpaired) electrons. The van der Waals surface area contributed by atoms with Gasteiger partial charge >= 0.3 is 0 Å². The summed E-state index contributed by atoms with van der Waals surface area (Å²) in [6, 6.07) is 3.48. The van der Waals surface area contributed by atoms with Crippen molar-refractivity contribution in [2.45, 2.75) is 48.2 Å². The molecule has 2 unspecified atom stereocenters. The molecule has 0 spiro atoms. The fourth-order valence-corrected chi connectivity index (χ4v) is 6.50. The SMILES string of the molecule is CC(Cl)CC1CCCCN1S(=O)(=O)c1ccc(Br)s1. The zero-order valence-electron chi connectivity index (χ0n) is 10.7. The van der Waals surface area contributed by atoms with Crippen LogP contribution in [0.15, 0.2) is 20.1 Å². The first kappa shape index (κ1) is 15.8. The van der Waals surface area contributed by atoms with Crippen molar-refractivity contribution in [3.63, 3.8) is 0 Å². The summed E-state index contributed by atoms with van der Waals surface area (Å²) >= 11 is 10.6. The molecule has 1 fully saturated rings. The van der Waals surface area contributed by atoms with Crippen molar-refractivity contribution in [2.24, 2.45) is 0 Å². The monoisotopic (exact) mass is 385 g/mol. The molecule has 0 saturated carbocycles. The number of halogens is 2. The largest absolute Gasteiger partial charge is 0.252 e. The van der Waals surface area contributed by atoms with Gasteiger partial charge in [0.05, 0.1) is 3.79 Å². The molecular formula is C12H17BrClNO2S2. The predicted molar refractivity (Wildman–Crippen MR) is 83.5 cm³/mol. The van der Waals surface area contributed by atoms with Gasteiger partial charge in [-0.2, -0.15) is 4.31 Å². The Labute approximate surface area is 132 Å². The molecule has 0 aliphatic carbocycles. The smallest absolute Gasteiger partial charge is 0.206 e. The van der Waals surface area contributed by atoms with E-state index in [4.69, 9.17) is 11.6 Å². The molecule has 108 valence electrons. The van der Waals surface area contributed by atoms with E-state index in [1.54, 1.807) is 16.4 Å². The van der Waals surface area contributed by atoms with Crippen LogP contribution in [0.4, 0.5) is 0 Å². The molecule has 1 aliphatic heterocycles. The lowest BCUT2D eigenvalue weighted by Gasteiger charge is -2.34. The number of alkyl halides is 1. The summed E-state index contributed by atoms with van der Waals surface area (Å²) in [5, 5.41) is -0.00382. The Morgan fingerprint density at radius 3 is 2.84 bits per heavy atom. The fraction of sp³-hybridized carbons (Fsp3) is 0.667. The van der Waals surface area contributed by atoms with Crippen LogP contribution >= 0.6 is 38.9 Å². The first-order chi connectivity index (χ1) is 8.91. The summed E-state index contributed by atoms with van der Waals surface area (Å²) in [5.74, 6) is 0. The third kappa shape index (κ3) is 3.73. The van der Waals surface area contributed by atoms with E-state index in [1.807, 2.05) is 6.92 Å². The van der Waals surface area contributed by atoms with E-state index < -0.39 is 10.0 Å². The predicted octanol–water partition coefficient (Wildman–Crippen LogP) is 4.07. The molecule has 1 aromatic rings. The summed E-state index contributed by atoms with van der Waals surface area (Å²) in [4.78, 5) is 0. The third-order valence-electron chi connectivity index (χ3n) is 3.28. The first-order valence-electron chi connectivity index (χ1n) is 6.32. The van der Waals surface area contributed by atoms with Crippen molar-refractivity contribution in [1.29, 1.82) is 0 Å². The van der Waals surface area contributed by atoms with Gasteiger partial charge in [0.25, 0.3) is 10.0 Å². The van der Waals surface area contributed by atoms with Gasteiger partial charge in [-0.1, -0.05) is 6.42 Å². The highest BCUT2D eigenvalue weighted by molar-refractivity contribution is 9.11. The van der Waals surface area contributed by atoms with Gasteiger partial charge in [0.15, 0.2) is 0 Å². The standard InChI is InChI=1S/C12H17BrClNO2S2/c1-9(14)8-10-4-2-3-7-15(10)19(16,17)12-6-5-11(13)18-12/h5-6,9-10H,2-4,7-8H2,1H3. The number of thiophene rings is 1. The molecule has 0 amide bonds. The molecule has 3 nitrogen and oxygen atoms in total. The molecule has 2 heterocycles. The van der Waals surface area contributed by atoms with Crippen molar-refractivity contribution in [1.82, 2.24) is 4.31 Å². The second kappa shape index (κ2) is 6.43. The van der Waals surface area contributed by atoms with Gasteiger partial charge in [0, 0.05) is 18.0 Å². The molecule has 7 heteroatoms. The fourth-order valence-electron chi connectivity index (χ4n) is 2.45. The lowest BCUT2D eigenvalue weighted by atomic mass is 10.0. The Kier molecular flexibility index (Phi) is 5.34. The molecule has 1 aliphatic rings. The molecule has 2 atom stereocenters. The minimum Gasteiger partial charge on any atom is -0.206 e. The maximum absolute atomic E-state index is 12.7. The zero-order valence-corrected chi connectivity index (χ0v) is 14.7. The van der Waals surface area contributed by atoms with Gasteiger partial charge in [-0.15, -0.1) is 22.9 Å². The number of piperidine rings is 1. The van der Waals surface area contributed by atoms with Crippen molar-refractivity contribution < 1.29 is 8.42 Å². The van der Waals surface area contributed by atoms with Crippen molar-refractivity contribution in [3.05, 3.63) is 15.9 Å². The molecule has 0 aromatic carbocycles. The first-order valence-corrected chi connectivity index (χ1v) is 9.81. The summed E-state index contributed by atoms with van der Waals surface area (Å²) in [6.07, 6.45) is 3.63. The molecule has 19 heavy (non-hydrogen) atoms. The summed E-state index contributed by atoms with van der Waals surface area (Å²) in [6.45, 7) is 2.52. The van der Waals surface area contributed by atoms with Gasteiger partial charge in [-0.25, -0.2) is 8.42 Å². The minimum atomic E-state index is -3.37. The topological polar surface area (TPSA) is 37.4 Å². The Balaban J connectivity index is 2.26. The number of sulfonamides is 1. The minimum absolute atomic E-state index is 0.00382. The molecule has 1 aromatic heterocycles. The highest BCUT2D eigenvalue weighted by Crippen LogP contribution is 2.33. The second-order valence-electron chi connectivity index (χ2n) is 4.84. The highest BCUT2D eigenvalue weighted by atomic mass is 79.9. The lowest BCUT2D eigenvalue weighted by molar-refractivity contribution is 0.241. The van der Waals surface area contributed by atoms with Crippen molar-refractivity contribution in [2.75, 3.05) is 6.54 Å². The molecule has 0 N–H and O–H groups in total. The van der Waals surface area contributed by atoms with E-state index in [0.717, 1.165) is 23.0 Å². The number of rotatable bonds is 4. The Hall–Kier alpha value is 0.380. The summed E-state index contributed by atoms with van der Waals surface area (Å²) < 4.78 is 28.2. The zero-order chi connectivity index (χ0) is 14.0. The van der Waals surface area contributed by atoms with Gasteiger partial charge in [-0.3, -0.25) is 0 Å². The van der Waals surface area contributed by atoms with Gasteiger partial charge < -0.3 is 0 Å². The Morgan fingerprint density at radius 2 is 2.26 bits per heavy atom. The highest BCUT2D eigenvalue weighted by Gasteiger charge is 2.34. The van der Waals surface area contributed by atoms with Gasteiger partial charge in [0.1, 0.15) is 4.21 Å². The number of hydrogen-bond donors (Lipinski definition) is 0. The third-order valence-corrected chi connectivity index (χ3v) is 7.50. The van der Waals surface area contributed by atoms with E-state index in [2.05, 4.69) is 15.9 Å². The van der Waals surface area contributed by atoms with Crippen LogP contribution in [-0.4, -0.2) is 30.7 Å². The van der Waals surface area contributed by atoms with E-state index >= 15 is 0 Å². The van der Waals surface area contributed by atoms with E-state index in [0.29, 0.717) is 17.2 Å². The van der Waals surface area contributed by atoms with Crippen molar-refractivity contribution in [3.8, 4) is 0 Å². The average molecular weight is 387 g/mol. The Morgan fingerprint density at radius 1 is 1.53 bits per heavy atom. The second-order valence-corrected chi connectivity index (χ2v) is 10.2. The molecule has 0 bridgehead atoms. The van der Waals surface area contributed by atoms with Crippen LogP contribution in [0.25, 0.3) is 0 Å². The van der Waals surface area contributed by atoms with Crippen LogP contribution in [0.3, 0.4) is 0 Å². The molecule has 2 rings (SSSR count). The lowest BCUT2D eigenvalue weighted by Crippen LogP contribution is -2.44. The molecular weight excluding hydrogens is 370 g/mol. The van der Waals surface area contributed by atoms with E-state index in [9.17, 15) is 8.42 Å². The average Bonchev–Trinajstić information content (AvgIpc) is 2.76. The van der Waals surface area contributed by atoms with Crippen LogP contribution in [0.5, 0.6) is 0 Å². The normalized spacial score (nSPS) is 23.4. The van der Waals surface area contributed by atoms with Crippen LogP contribution in [0.2, 0.25) is 0 Å². The van der Waals surface area contributed by atoms with Gasteiger partial charge in [-0.05, 0) is 54.2 Å². The number of nitrogens with zero attached hydrogens (tertiary/aromatic N) is 1. The maximum atomic E-state index is 12.7. The van der Waals surface area contributed by atoms with Crippen molar-refractivity contribution >= 4 is 48.9 Å². The Bertz CT molecular complexity index is 530. The quantitative estimate of drug-likeness (QED) is 0.731. The van der Waals surface area contributed by atoms with Crippen LogP contribution in [0, 0.1) is 0 Å².